The van der Waals surface area contributed by atoms with E-state index >= 15 is 0 Å². The van der Waals surface area contributed by atoms with Gasteiger partial charge in [0.15, 0.2) is 0 Å². The van der Waals surface area contributed by atoms with E-state index in [2.05, 4.69) is 0 Å². The van der Waals surface area contributed by atoms with Gasteiger partial charge in [-0.1, -0.05) is 13.8 Å². The van der Waals surface area contributed by atoms with Gasteiger partial charge in [0.2, 0.25) is 0 Å². The minimum absolute atomic E-state index is 0.227. The fraction of sp³-hybridized carbons (Fsp3) is 0.889. The minimum Gasteiger partial charge on any atom is -0.481 e. The van der Waals surface area contributed by atoms with Gasteiger partial charge in [0.25, 0.3) is 0 Å². The fourth-order valence-electron chi connectivity index (χ4n) is 1.60. The molecule has 12 heavy (non-hydrogen) atoms. The molecule has 0 aromatic heterocycles. The predicted octanol–water partition coefficient (Wildman–Crippen LogP) is 1.38. The van der Waals surface area contributed by atoms with E-state index in [1.807, 2.05) is 6.92 Å². The van der Waals surface area contributed by atoms with E-state index in [0.717, 1.165) is 19.6 Å². The van der Waals surface area contributed by atoms with Crippen LogP contribution in [0.15, 0.2) is 0 Å². The van der Waals surface area contributed by atoms with Gasteiger partial charge in [-0.05, 0) is 18.3 Å². The molecule has 0 spiro atoms. The van der Waals surface area contributed by atoms with Crippen molar-refractivity contribution in [2.75, 3.05) is 13.2 Å². The van der Waals surface area contributed by atoms with Crippen LogP contribution in [0, 0.1) is 17.8 Å². The molecule has 1 saturated heterocycles. The third-order valence-corrected chi connectivity index (χ3v) is 2.89. The molecule has 0 bridgehead atoms. The maximum atomic E-state index is 10.7. The van der Waals surface area contributed by atoms with Crippen LogP contribution in [0.4, 0.5) is 0 Å². The van der Waals surface area contributed by atoms with Gasteiger partial charge in [-0.2, -0.15) is 0 Å². The average Bonchev–Trinajstić information content (AvgIpc) is 2.53. The first-order valence-corrected chi connectivity index (χ1v) is 4.43. The minimum atomic E-state index is -0.700. The summed E-state index contributed by atoms with van der Waals surface area (Å²) >= 11 is 0. The molecule has 0 aromatic carbocycles. The normalized spacial score (nSPS) is 28.3. The first kappa shape index (κ1) is 9.52. The topological polar surface area (TPSA) is 46.5 Å². The summed E-state index contributed by atoms with van der Waals surface area (Å²) in [6.45, 7) is 5.30. The van der Waals surface area contributed by atoms with Gasteiger partial charge in [0.05, 0.1) is 5.92 Å². The lowest BCUT2D eigenvalue weighted by Crippen LogP contribution is -2.25. The number of carboxylic acids is 1. The van der Waals surface area contributed by atoms with E-state index in [1.165, 1.54) is 0 Å². The average molecular weight is 172 g/mol. The fourth-order valence-corrected chi connectivity index (χ4v) is 1.60. The summed E-state index contributed by atoms with van der Waals surface area (Å²) in [5.74, 6) is -0.285. The zero-order valence-corrected chi connectivity index (χ0v) is 7.62. The highest BCUT2D eigenvalue weighted by Gasteiger charge is 2.29. The van der Waals surface area contributed by atoms with E-state index in [9.17, 15) is 4.79 Å². The Labute approximate surface area is 72.7 Å². The highest BCUT2D eigenvalue weighted by Crippen LogP contribution is 2.27. The zero-order chi connectivity index (χ0) is 9.14. The Balaban J connectivity index is 2.44. The Kier molecular flexibility index (Phi) is 3.09. The van der Waals surface area contributed by atoms with Crippen molar-refractivity contribution in [3.8, 4) is 0 Å². The summed E-state index contributed by atoms with van der Waals surface area (Å²) in [5, 5.41) is 8.77. The largest absolute Gasteiger partial charge is 0.481 e. The molecule has 0 aromatic rings. The molecular weight excluding hydrogens is 156 g/mol. The van der Waals surface area contributed by atoms with Crippen LogP contribution in [0.5, 0.6) is 0 Å². The monoisotopic (exact) mass is 172 g/mol. The Morgan fingerprint density at radius 1 is 1.58 bits per heavy atom. The Hall–Kier alpha value is -0.570. The van der Waals surface area contributed by atoms with Crippen LogP contribution in [0.25, 0.3) is 0 Å². The molecule has 1 aliphatic heterocycles. The molecule has 1 heterocycles. The SMILES string of the molecule is CC(C(=O)O)C(C)C1CCOC1. The summed E-state index contributed by atoms with van der Waals surface area (Å²) in [7, 11) is 0. The van der Waals surface area contributed by atoms with Crippen LogP contribution >= 0.6 is 0 Å². The van der Waals surface area contributed by atoms with E-state index in [-0.39, 0.29) is 11.8 Å². The van der Waals surface area contributed by atoms with Crippen LogP contribution in [-0.4, -0.2) is 24.3 Å². The van der Waals surface area contributed by atoms with Gasteiger partial charge in [0.1, 0.15) is 0 Å². The molecule has 0 aliphatic carbocycles. The van der Waals surface area contributed by atoms with Crippen LogP contribution < -0.4 is 0 Å². The van der Waals surface area contributed by atoms with Crippen LogP contribution in [0.2, 0.25) is 0 Å². The van der Waals surface area contributed by atoms with Gasteiger partial charge < -0.3 is 9.84 Å². The van der Waals surface area contributed by atoms with Gasteiger partial charge in [0, 0.05) is 13.2 Å². The third-order valence-electron chi connectivity index (χ3n) is 2.89. The molecule has 3 heteroatoms. The lowest BCUT2D eigenvalue weighted by molar-refractivity contribution is -0.143. The summed E-state index contributed by atoms with van der Waals surface area (Å²) in [5.41, 5.74) is 0. The number of carboxylic acid groups (broad SMARTS) is 1. The van der Waals surface area contributed by atoms with Crippen molar-refractivity contribution in [3.63, 3.8) is 0 Å². The van der Waals surface area contributed by atoms with Gasteiger partial charge in [-0.25, -0.2) is 0 Å². The molecule has 3 nitrogen and oxygen atoms in total. The number of ether oxygens (including phenoxy) is 1. The number of hydrogen-bond donors (Lipinski definition) is 1. The van der Waals surface area contributed by atoms with Crippen molar-refractivity contribution in [3.05, 3.63) is 0 Å². The summed E-state index contributed by atoms with van der Waals surface area (Å²) in [6.07, 6.45) is 1.01. The number of hydrogen-bond acceptors (Lipinski definition) is 2. The van der Waals surface area contributed by atoms with E-state index in [0.29, 0.717) is 5.92 Å². The van der Waals surface area contributed by atoms with E-state index in [4.69, 9.17) is 9.84 Å². The van der Waals surface area contributed by atoms with Crippen molar-refractivity contribution in [1.82, 2.24) is 0 Å². The summed E-state index contributed by atoms with van der Waals surface area (Å²) in [4.78, 5) is 10.7. The van der Waals surface area contributed by atoms with Gasteiger partial charge in [-0.15, -0.1) is 0 Å². The van der Waals surface area contributed by atoms with Crippen LogP contribution in [-0.2, 0) is 9.53 Å². The Morgan fingerprint density at radius 2 is 2.25 bits per heavy atom. The molecule has 1 aliphatic rings. The van der Waals surface area contributed by atoms with Crippen molar-refractivity contribution in [1.29, 1.82) is 0 Å². The number of aliphatic carboxylic acids is 1. The van der Waals surface area contributed by atoms with Crippen molar-refractivity contribution in [2.24, 2.45) is 17.8 Å². The first-order chi connectivity index (χ1) is 5.63. The maximum absolute atomic E-state index is 10.7. The molecule has 3 atom stereocenters. The lowest BCUT2D eigenvalue weighted by atomic mass is 9.83. The summed E-state index contributed by atoms with van der Waals surface area (Å²) < 4.78 is 5.22. The quantitative estimate of drug-likeness (QED) is 0.699. The highest BCUT2D eigenvalue weighted by molar-refractivity contribution is 5.69. The van der Waals surface area contributed by atoms with Crippen LogP contribution in [0.3, 0.4) is 0 Å². The molecule has 3 unspecified atom stereocenters. The third kappa shape index (κ3) is 1.97. The van der Waals surface area contributed by atoms with E-state index < -0.39 is 5.97 Å². The Morgan fingerprint density at radius 3 is 2.67 bits per heavy atom. The second kappa shape index (κ2) is 3.90. The molecule has 1 N–H and O–H groups in total. The molecule has 0 amide bonds. The van der Waals surface area contributed by atoms with Crippen LogP contribution in [0.1, 0.15) is 20.3 Å². The maximum Gasteiger partial charge on any atom is 0.306 e. The number of carbonyl (C=O) groups is 1. The smallest absolute Gasteiger partial charge is 0.306 e. The van der Waals surface area contributed by atoms with Crippen molar-refractivity contribution < 1.29 is 14.6 Å². The van der Waals surface area contributed by atoms with Gasteiger partial charge in [-0.3, -0.25) is 4.79 Å². The lowest BCUT2D eigenvalue weighted by Gasteiger charge is -2.21. The molecular formula is C9H16O3. The molecule has 0 saturated carbocycles. The second-order valence-electron chi connectivity index (χ2n) is 3.61. The van der Waals surface area contributed by atoms with E-state index in [1.54, 1.807) is 6.92 Å². The zero-order valence-electron chi connectivity index (χ0n) is 7.62. The molecule has 70 valence electrons. The Bertz CT molecular complexity index is 161. The van der Waals surface area contributed by atoms with Gasteiger partial charge >= 0.3 is 5.97 Å². The predicted molar refractivity (Wildman–Crippen MR) is 44.9 cm³/mol. The molecule has 0 radical (unpaired) electrons. The molecule has 1 fully saturated rings. The first-order valence-electron chi connectivity index (χ1n) is 4.43. The highest BCUT2D eigenvalue weighted by atomic mass is 16.5. The van der Waals surface area contributed by atoms with Crippen molar-refractivity contribution >= 4 is 5.97 Å². The van der Waals surface area contributed by atoms with Crippen molar-refractivity contribution in [2.45, 2.75) is 20.3 Å². The molecule has 1 rings (SSSR count). The standard InChI is InChI=1S/C9H16O3/c1-6(7(2)9(10)11)8-3-4-12-5-8/h6-8H,3-5H2,1-2H3,(H,10,11). The number of rotatable bonds is 3. The second-order valence-corrected chi connectivity index (χ2v) is 3.61. The summed E-state index contributed by atoms with van der Waals surface area (Å²) in [6, 6.07) is 0.